The third-order valence-corrected chi connectivity index (χ3v) is 12.0. The summed E-state index contributed by atoms with van der Waals surface area (Å²) in [6.45, 7) is 0.0255. The van der Waals surface area contributed by atoms with Gasteiger partial charge in [-0.1, -0.05) is 103 Å². The number of hydrogen-bond acceptors (Lipinski definition) is 4. The fraction of sp³-hybridized carbons (Fsp3) is 0.0800. The summed E-state index contributed by atoms with van der Waals surface area (Å²) in [7, 11) is 8.41. The van der Waals surface area contributed by atoms with E-state index in [0.29, 0.717) is 0 Å². The molecule has 0 saturated heterocycles. The van der Waals surface area contributed by atoms with Crippen molar-refractivity contribution in [3.8, 4) is 0 Å². The van der Waals surface area contributed by atoms with E-state index in [1.807, 2.05) is 0 Å². The van der Waals surface area contributed by atoms with Crippen LogP contribution in [0.2, 0.25) is 0 Å². The first-order valence-electron chi connectivity index (χ1n) is 19.1. The zero-order valence-electron chi connectivity index (χ0n) is 31.5. The fourth-order valence-corrected chi connectivity index (χ4v) is 9.43. The Bertz CT molecular complexity index is 2800. The first kappa shape index (κ1) is 31.8. The molecule has 0 aromatic heterocycles. The Morgan fingerprint density at radius 3 is 1.22 bits per heavy atom. The number of anilines is 8. The smallest absolute Gasteiger partial charge is 0.252 e. The number of rotatable bonds is 4. The maximum absolute atomic E-state index is 2.54. The Labute approximate surface area is 322 Å². The van der Waals surface area contributed by atoms with Crippen LogP contribution in [0.1, 0.15) is 0 Å². The van der Waals surface area contributed by atoms with E-state index in [9.17, 15) is 0 Å². The SMILES string of the molecule is CN(C)c1ccc(N2c3cccc4c3B(c3ccc5c(ccc6ccccc65)c32)c2ccc3c(ccc5ccccc53)c2N4c2ccc(N(C)C)cc2)cc1. The summed E-state index contributed by atoms with van der Waals surface area (Å²) in [6.07, 6.45) is 0. The molecule has 2 aliphatic rings. The van der Waals surface area contributed by atoms with Gasteiger partial charge in [0, 0.05) is 84.5 Å². The summed E-state index contributed by atoms with van der Waals surface area (Å²) in [6, 6.07) is 61.4. The Balaban J connectivity index is 1.26. The van der Waals surface area contributed by atoms with Crippen LogP contribution in [0.4, 0.5) is 45.5 Å². The van der Waals surface area contributed by atoms with Crippen LogP contribution in [-0.4, -0.2) is 34.9 Å². The third-order valence-electron chi connectivity index (χ3n) is 12.0. The predicted molar refractivity (Wildman–Crippen MR) is 239 cm³/mol. The second kappa shape index (κ2) is 11.9. The molecule has 262 valence electrons. The quantitative estimate of drug-likeness (QED) is 0.133. The first-order chi connectivity index (χ1) is 27.0. The topological polar surface area (TPSA) is 13.0 Å². The third kappa shape index (κ3) is 4.59. The van der Waals surface area contributed by atoms with Gasteiger partial charge in [-0.15, -0.1) is 0 Å². The van der Waals surface area contributed by atoms with E-state index in [1.54, 1.807) is 0 Å². The fourth-order valence-electron chi connectivity index (χ4n) is 9.43. The Morgan fingerprint density at radius 1 is 0.364 bits per heavy atom. The second-order valence-corrected chi connectivity index (χ2v) is 15.4. The molecule has 0 bridgehead atoms. The Morgan fingerprint density at radius 2 is 0.782 bits per heavy atom. The van der Waals surface area contributed by atoms with Gasteiger partial charge >= 0.3 is 0 Å². The minimum absolute atomic E-state index is 0.0255. The molecule has 0 fully saturated rings. The summed E-state index contributed by atoms with van der Waals surface area (Å²) in [5, 5.41) is 10.1. The van der Waals surface area contributed by atoms with Crippen molar-refractivity contribution >= 4 is 112 Å². The zero-order chi connectivity index (χ0) is 36.9. The van der Waals surface area contributed by atoms with Gasteiger partial charge in [-0.3, -0.25) is 0 Å². The Kier molecular flexibility index (Phi) is 6.87. The average Bonchev–Trinajstić information content (AvgIpc) is 3.23. The van der Waals surface area contributed by atoms with Gasteiger partial charge < -0.3 is 19.6 Å². The molecule has 4 nitrogen and oxygen atoms in total. The van der Waals surface area contributed by atoms with Crippen LogP contribution in [0.25, 0.3) is 43.1 Å². The molecule has 5 heteroatoms. The van der Waals surface area contributed by atoms with Crippen LogP contribution in [0.3, 0.4) is 0 Å². The highest BCUT2D eigenvalue weighted by Crippen LogP contribution is 2.48. The van der Waals surface area contributed by atoms with E-state index in [1.165, 1.54) is 93.6 Å². The number of hydrogen-bond donors (Lipinski definition) is 0. The molecule has 2 aliphatic heterocycles. The Hall–Kier alpha value is -6.72. The van der Waals surface area contributed by atoms with E-state index in [4.69, 9.17) is 0 Å². The van der Waals surface area contributed by atoms with Crippen LogP contribution in [-0.2, 0) is 0 Å². The molecule has 11 rings (SSSR count). The summed E-state index contributed by atoms with van der Waals surface area (Å²) >= 11 is 0. The number of fused-ring (bicyclic) bond motifs is 12. The number of nitrogens with zero attached hydrogens (tertiary/aromatic N) is 4. The largest absolute Gasteiger partial charge is 0.378 e. The van der Waals surface area contributed by atoms with Crippen molar-refractivity contribution in [1.29, 1.82) is 0 Å². The van der Waals surface area contributed by atoms with Crippen molar-refractivity contribution in [2.45, 2.75) is 0 Å². The van der Waals surface area contributed by atoms with E-state index >= 15 is 0 Å². The van der Waals surface area contributed by atoms with Crippen molar-refractivity contribution < 1.29 is 0 Å². The summed E-state index contributed by atoms with van der Waals surface area (Å²) in [5.74, 6) is 0. The van der Waals surface area contributed by atoms with Crippen molar-refractivity contribution in [3.63, 3.8) is 0 Å². The van der Waals surface area contributed by atoms with Gasteiger partial charge in [0.1, 0.15) is 0 Å². The van der Waals surface area contributed by atoms with Crippen LogP contribution in [0.5, 0.6) is 0 Å². The molecule has 9 aromatic rings. The second-order valence-electron chi connectivity index (χ2n) is 15.4. The summed E-state index contributed by atoms with van der Waals surface area (Å²) in [4.78, 5) is 9.40. The van der Waals surface area contributed by atoms with E-state index < -0.39 is 0 Å². The van der Waals surface area contributed by atoms with Crippen molar-refractivity contribution in [2.75, 3.05) is 47.8 Å². The van der Waals surface area contributed by atoms with Gasteiger partial charge in [-0.2, -0.15) is 0 Å². The van der Waals surface area contributed by atoms with E-state index in [2.05, 4.69) is 212 Å². The lowest BCUT2D eigenvalue weighted by atomic mass is 9.33. The molecule has 0 unspecified atom stereocenters. The highest BCUT2D eigenvalue weighted by molar-refractivity contribution is 7.00. The molecule has 0 spiro atoms. The molecule has 0 aliphatic carbocycles. The molecular formula is C50H39BN4. The van der Waals surface area contributed by atoms with Gasteiger partial charge in [0.25, 0.3) is 6.71 Å². The number of benzene rings is 9. The first-order valence-corrected chi connectivity index (χ1v) is 19.1. The lowest BCUT2D eigenvalue weighted by Crippen LogP contribution is -2.61. The molecule has 55 heavy (non-hydrogen) atoms. The molecule has 0 N–H and O–H groups in total. The molecule has 0 saturated carbocycles. The van der Waals surface area contributed by atoms with Crippen LogP contribution < -0.4 is 36.0 Å². The van der Waals surface area contributed by atoms with Crippen LogP contribution >= 0.6 is 0 Å². The van der Waals surface area contributed by atoms with E-state index in [0.717, 1.165) is 11.4 Å². The van der Waals surface area contributed by atoms with Gasteiger partial charge in [0.15, 0.2) is 0 Å². The van der Waals surface area contributed by atoms with Gasteiger partial charge in [0.05, 0.1) is 0 Å². The molecular weight excluding hydrogens is 667 g/mol. The maximum Gasteiger partial charge on any atom is 0.252 e. The van der Waals surface area contributed by atoms with E-state index in [-0.39, 0.29) is 6.71 Å². The monoisotopic (exact) mass is 706 g/mol. The standard InChI is InChI=1S/C50H39BN4/c1-52(2)34-18-22-36(23-19-34)54-46-14-9-15-47-48(46)51(44-30-28-40-38-12-7-5-10-32(38)16-26-42(40)49(44)54)45-31-29-41-39-13-8-6-11-33(39)17-27-43(41)50(45)55(47)37-24-20-35(21-25-37)53(3)4/h5-31H,1-4H3. The van der Waals surface area contributed by atoms with Crippen LogP contribution in [0.15, 0.2) is 164 Å². The summed E-state index contributed by atoms with van der Waals surface area (Å²) in [5.41, 5.74) is 13.6. The average molecular weight is 707 g/mol. The molecule has 0 radical (unpaired) electrons. The molecule has 0 atom stereocenters. The minimum atomic E-state index is 0.0255. The van der Waals surface area contributed by atoms with Crippen LogP contribution in [0, 0.1) is 0 Å². The summed E-state index contributed by atoms with van der Waals surface area (Å²) < 4.78 is 0. The predicted octanol–water partition coefficient (Wildman–Crippen LogP) is 10.5. The van der Waals surface area contributed by atoms with Crippen molar-refractivity contribution in [3.05, 3.63) is 164 Å². The molecule has 2 heterocycles. The van der Waals surface area contributed by atoms with Crippen molar-refractivity contribution in [1.82, 2.24) is 0 Å². The van der Waals surface area contributed by atoms with Gasteiger partial charge in [0.2, 0.25) is 0 Å². The molecule has 9 aromatic carbocycles. The maximum atomic E-state index is 2.54. The lowest BCUT2D eigenvalue weighted by Gasteiger charge is -2.45. The molecule has 0 amide bonds. The van der Waals surface area contributed by atoms with Crippen molar-refractivity contribution in [2.24, 2.45) is 0 Å². The highest BCUT2D eigenvalue weighted by Gasteiger charge is 2.44. The van der Waals surface area contributed by atoms with Gasteiger partial charge in [-0.05, 0) is 109 Å². The highest BCUT2D eigenvalue weighted by atomic mass is 15.2. The lowest BCUT2D eigenvalue weighted by molar-refractivity contribution is 1.13. The normalized spacial score (nSPS) is 13.0. The van der Waals surface area contributed by atoms with Gasteiger partial charge in [-0.25, -0.2) is 0 Å². The zero-order valence-corrected chi connectivity index (χ0v) is 31.5. The minimum Gasteiger partial charge on any atom is -0.378 e.